The highest BCUT2D eigenvalue weighted by molar-refractivity contribution is 7.89. The lowest BCUT2D eigenvalue weighted by Gasteiger charge is -2.12. The van der Waals surface area contributed by atoms with Crippen molar-refractivity contribution in [2.24, 2.45) is 0 Å². The zero-order valence-corrected chi connectivity index (χ0v) is 12.1. The summed E-state index contributed by atoms with van der Waals surface area (Å²) in [7, 11) is -3.62. The van der Waals surface area contributed by atoms with Crippen LogP contribution in [0, 0.1) is 13.8 Å². The predicted molar refractivity (Wildman–Crippen MR) is 76.4 cm³/mol. The fraction of sp³-hybridized carbons (Fsp3) is 0.231. The first-order valence-corrected chi connectivity index (χ1v) is 7.50. The lowest BCUT2D eigenvalue weighted by atomic mass is 10.1. The zero-order chi connectivity index (χ0) is 14.8. The van der Waals surface area contributed by atoms with Gasteiger partial charge in [0.2, 0.25) is 10.0 Å². The molecule has 0 spiro atoms. The summed E-state index contributed by atoms with van der Waals surface area (Å²) in [6.07, 6.45) is 2.94. The molecule has 106 valence electrons. The van der Waals surface area contributed by atoms with Gasteiger partial charge >= 0.3 is 0 Å². The average Bonchev–Trinajstić information content (AvgIpc) is 2.42. The minimum Gasteiger partial charge on any atom is -0.398 e. The molecule has 0 aliphatic heterocycles. The number of sulfonamides is 1. The van der Waals surface area contributed by atoms with Crippen molar-refractivity contribution in [3.8, 4) is 0 Å². The molecular weight excluding hydrogens is 276 g/mol. The number of nitrogens with one attached hydrogen (secondary N) is 1. The van der Waals surface area contributed by atoms with Crippen molar-refractivity contribution < 1.29 is 8.42 Å². The molecule has 0 aliphatic carbocycles. The Bertz CT molecular complexity index is 715. The van der Waals surface area contributed by atoms with Gasteiger partial charge in [0.25, 0.3) is 0 Å². The van der Waals surface area contributed by atoms with E-state index in [9.17, 15) is 8.42 Å². The van der Waals surface area contributed by atoms with Gasteiger partial charge in [0.05, 0.1) is 17.1 Å². The number of anilines is 1. The highest BCUT2D eigenvalue weighted by atomic mass is 32.2. The average molecular weight is 292 g/mol. The van der Waals surface area contributed by atoms with Gasteiger partial charge in [-0.05, 0) is 43.2 Å². The molecule has 7 heteroatoms. The first-order chi connectivity index (χ1) is 9.40. The molecule has 0 atom stereocenters. The Hall–Kier alpha value is -1.99. The third-order valence-electron chi connectivity index (χ3n) is 2.92. The smallest absolute Gasteiger partial charge is 0.241 e. The summed E-state index contributed by atoms with van der Waals surface area (Å²) in [5, 5.41) is 0. The maximum Gasteiger partial charge on any atom is 0.241 e. The molecule has 0 unspecified atom stereocenters. The van der Waals surface area contributed by atoms with Gasteiger partial charge in [0, 0.05) is 11.9 Å². The van der Waals surface area contributed by atoms with Crippen molar-refractivity contribution in [1.82, 2.24) is 14.7 Å². The quantitative estimate of drug-likeness (QED) is 0.824. The largest absolute Gasteiger partial charge is 0.398 e. The Balaban J connectivity index is 2.27. The zero-order valence-electron chi connectivity index (χ0n) is 11.3. The van der Waals surface area contributed by atoms with Crippen LogP contribution in [0.1, 0.15) is 16.8 Å². The monoisotopic (exact) mass is 292 g/mol. The maximum absolute atomic E-state index is 12.3. The van der Waals surface area contributed by atoms with E-state index in [4.69, 9.17) is 5.73 Å². The summed E-state index contributed by atoms with van der Waals surface area (Å²) in [4.78, 5) is 7.95. The summed E-state index contributed by atoms with van der Waals surface area (Å²) in [6, 6.07) is 5.01. The van der Waals surface area contributed by atoms with E-state index in [0.29, 0.717) is 16.9 Å². The maximum atomic E-state index is 12.3. The molecule has 0 saturated carbocycles. The van der Waals surface area contributed by atoms with E-state index in [1.54, 1.807) is 38.2 Å². The molecule has 1 aromatic carbocycles. The number of nitrogens with two attached hydrogens (primary N) is 1. The van der Waals surface area contributed by atoms with E-state index >= 15 is 0 Å². The Kier molecular flexibility index (Phi) is 4.01. The first kappa shape index (κ1) is 14.4. The molecule has 1 heterocycles. The third-order valence-corrected chi connectivity index (χ3v) is 4.45. The van der Waals surface area contributed by atoms with E-state index < -0.39 is 10.0 Å². The van der Waals surface area contributed by atoms with Gasteiger partial charge in [-0.2, -0.15) is 0 Å². The number of hydrogen-bond acceptors (Lipinski definition) is 5. The number of aromatic nitrogens is 2. The summed E-state index contributed by atoms with van der Waals surface area (Å²) in [5.41, 5.74) is 8.23. The fourth-order valence-electron chi connectivity index (χ4n) is 1.80. The molecule has 0 aliphatic rings. The van der Waals surface area contributed by atoms with Crippen LogP contribution in [0.2, 0.25) is 0 Å². The molecule has 2 rings (SSSR count). The number of benzene rings is 1. The number of hydrogen-bond donors (Lipinski definition) is 2. The van der Waals surface area contributed by atoms with Crippen molar-refractivity contribution in [1.29, 1.82) is 0 Å². The predicted octanol–water partition coefficient (Wildman–Crippen LogP) is 1.15. The van der Waals surface area contributed by atoms with Crippen LogP contribution in [0.25, 0.3) is 0 Å². The van der Waals surface area contributed by atoms with Gasteiger partial charge in [-0.1, -0.05) is 0 Å². The van der Waals surface area contributed by atoms with Crippen LogP contribution in [0.3, 0.4) is 0 Å². The second kappa shape index (κ2) is 5.56. The van der Waals surface area contributed by atoms with E-state index in [1.165, 1.54) is 6.33 Å². The van der Waals surface area contributed by atoms with Gasteiger partial charge in [0.1, 0.15) is 6.33 Å². The first-order valence-electron chi connectivity index (χ1n) is 6.01. The normalized spacial score (nSPS) is 11.5. The molecule has 0 fully saturated rings. The Morgan fingerprint density at radius 1 is 1.30 bits per heavy atom. The molecule has 6 nitrogen and oxygen atoms in total. The Morgan fingerprint density at radius 2 is 2.05 bits per heavy atom. The van der Waals surface area contributed by atoms with Crippen LogP contribution in [0.4, 0.5) is 5.69 Å². The number of rotatable bonds is 4. The number of aryl methyl sites for hydroxylation is 1. The molecule has 0 amide bonds. The number of nitrogens with zero attached hydrogens (tertiary/aromatic N) is 2. The van der Waals surface area contributed by atoms with Crippen molar-refractivity contribution in [3.05, 3.63) is 47.5 Å². The minimum atomic E-state index is -3.62. The lowest BCUT2D eigenvalue weighted by molar-refractivity contribution is 0.579. The van der Waals surface area contributed by atoms with Gasteiger partial charge in [0.15, 0.2) is 0 Å². The van der Waals surface area contributed by atoms with Crippen LogP contribution >= 0.6 is 0 Å². The third kappa shape index (κ3) is 3.12. The molecule has 0 saturated heterocycles. The summed E-state index contributed by atoms with van der Waals surface area (Å²) in [6.45, 7) is 3.60. The van der Waals surface area contributed by atoms with Gasteiger partial charge in [-0.15, -0.1) is 0 Å². The van der Waals surface area contributed by atoms with Crippen molar-refractivity contribution in [2.45, 2.75) is 25.3 Å². The van der Waals surface area contributed by atoms with E-state index in [0.717, 1.165) is 5.56 Å². The highest BCUT2D eigenvalue weighted by Gasteiger charge is 2.18. The molecule has 1 aromatic heterocycles. The van der Waals surface area contributed by atoms with Crippen molar-refractivity contribution >= 4 is 15.7 Å². The Labute approximate surface area is 118 Å². The van der Waals surface area contributed by atoms with Crippen molar-refractivity contribution in [2.75, 3.05) is 5.73 Å². The van der Waals surface area contributed by atoms with E-state index in [1.807, 2.05) is 0 Å². The van der Waals surface area contributed by atoms with E-state index in [2.05, 4.69) is 14.7 Å². The highest BCUT2D eigenvalue weighted by Crippen LogP contribution is 2.22. The molecule has 20 heavy (non-hydrogen) atoms. The summed E-state index contributed by atoms with van der Waals surface area (Å²) in [5.74, 6) is 0. The molecule has 0 bridgehead atoms. The topological polar surface area (TPSA) is 98.0 Å². The van der Waals surface area contributed by atoms with Gasteiger partial charge in [-0.3, -0.25) is 0 Å². The van der Waals surface area contributed by atoms with Crippen LogP contribution in [-0.2, 0) is 16.6 Å². The lowest BCUT2D eigenvalue weighted by Crippen LogP contribution is -2.24. The van der Waals surface area contributed by atoms with Gasteiger partial charge < -0.3 is 5.73 Å². The second-order valence-electron chi connectivity index (χ2n) is 4.50. The molecule has 3 N–H and O–H groups in total. The van der Waals surface area contributed by atoms with Crippen LogP contribution in [-0.4, -0.2) is 18.4 Å². The van der Waals surface area contributed by atoms with E-state index in [-0.39, 0.29) is 11.4 Å². The molecule has 2 aromatic rings. The van der Waals surface area contributed by atoms with Gasteiger partial charge in [-0.25, -0.2) is 23.1 Å². The fourth-order valence-corrected chi connectivity index (χ4v) is 3.16. The summed E-state index contributed by atoms with van der Waals surface area (Å²) >= 11 is 0. The Morgan fingerprint density at radius 3 is 2.70 bits per heavy atom. The standard InChI is InChI=1S/C13H16N4O2S/c1-9-5-12(14)10(2)13(6-9)20(18,19)17-7-11-3-4-15-8-16-11/h3-6,8,17H,7,14H2,1-2H3. The molecular formula is C13H16N4O2S. The minimum absolute atomic E-state index is 0.109. The molecule has 0 radical (unpaired) electrons. The second-order valence-corrected chi connectivity index (χ2v) is 6.24. The van der Waals surface area contributed by atoms with Crippen LogP contribution in [0.5, 0.6) is 0 Å². The number of nitrogen functional groups attached to an aromatic ring is 1. The summed E-state index contributed by atoms with van der Waals surface area (Å²) < 4.78 is 27.2. The van der Waals surface area contributed by atoms with Crippen LogP contribution < -0.4 is 10.5 Å². The van der Waals surface area contributed by atoms with Crippen LogP contribution in [0.15, 0.2) is 35.6 Å². The SMILES string of the molecule is Cc1cc(N)c(C)c(S(=O)(=O)NCc2ccncn2)c1. The van der Waals surface area contributed by atoms with Crippen molar-refractivity contribution in [3.63, 3.8) is 0 Å².